The second kappa shape index (κ2) is 7.80. The van der Waals surface area contributed by atoms with Crippen molar-refractivity contribution in [3.8, 4) is 12.3 Å². The van der Waals surface area contributed by atoms with E-state index in [-0.39, 0.29) is 13.2 Å². The fourth-order valence-electron chi connectivity index (χ4n) is 1.93. The van der Waals surface area contributed by atoms with Crippen LogP contribution in [0.3, 0.4) is 0 Å². The Morgan fingerprint density at radius 2 is 1.91 bits per heavy atom. The first kappa shape index (κ1) is 18.7. The van der Waals surface area contributed by atoms with Crippen LogP contribution in [0.5, 0.6) is 0 Å². The lowest BCUT2D eigenvalue weighted by Crippen LogP contribution is -2.26. The van der Waals surface area contributed by atoms with Gasteiger partial charge in [0, 0.05) is 5.56 Å². The molecular weight excluding hydrogens is 296 g/mol. The number of terminal acetylenes is 1. The average Bonchev–Trinajstić information content (AvgIpc) is 2.46. The molecule has 0 heterocycles. The molecule has 0 aliphatic carbocycles. The third kappa shape index (κ3) is 5.76. The van der Waals surface area contributed by atoms with Gasteiger partial charge in [-0.3, -0.25) is 0 Å². The normalized spacial score (nSPS) is 10.8. The second-order valence-corrected chi connectivity index (χ2v) is 6.02. The molecule has 1 rings (SSSR count). The minimum Gasteiger partial charge on any atom is -0.465 e. The van der Waals surface area contributed by atoms with E-state index in [1.165, 1.54) is 7.11 Å². The molecule has 0 amide bonds. The molecule has 1 aromatic carbocycles. The molecule has 0 aliphatic heterocycles. The van der Waals surface area contributed by atoms with E-state index >= 15 is 0 Å². The van der Waals surface area contributed by atoms with Gasteiger partial charge in [0.15, 0.2) is 0 Å². The summed E-state index contributed by atoms with van der Waals surface area (Å²) < 4.78 is 15.2. The average molecular weight is 318 g/mol. The second-order valence-electron chi connectivity index (χ2n) is 6.02. The van der Waals surface area contributed by atoms with Crippen LogP contribution in [0, 0.1) is 19.3 Å². The number of carbonyl (C=O) groups excluding carboxylic acids is 2. The smallest absolute Gasteiger partial charge is 0.337 e. The maximum atomic E-state index is 11.7. The van der Waals surface area contributed by atoms with Crippen molar-refractivity contribution < 1.29 is 23.8 Å². The molecule has 0 radical (unpaired) electrons. The van der Waals surface area contributed by atoms with E-state index in [4.69, 9.17) is 20.6 Å². The summed E-state index contributed by atoms with van der Waals surface area (Å²) in [5.74, 6) is 1.61. The van der Waals surface area contributed by atoms with Crippen LogP contribution in [-0.2, 0) is 25.6 Å². The quantitative estimate of drug-likeness (QED) is 0.617. The highest BCUT2D eigenvalue weighted by Crippen LogP contribution is 2.18. The maximum Gasteiger partial charge on any atom is 0.337 e. The van der Waals surface area contributed by atoms with Crippen LogP contribution < -0.4 is 0 Å². The molecule has 0 aromatic heterocycles. The van der Waals surface area contributed by atoms with Crippen molar-refractivity contribution in [3.63, 3.8) is 0 Å². The molecule has 0 spiro atoms. The molecule has 0 N–H and O–H groups in total. The first-order valence-electron chi connectivity index (χ1n) is 7.16. The minimum atomic E-state index is -0.558. The Balaban J connectivity index is 2.82. The first-order chi connectivity index (χ1) is 10.7. The van der Waals surface area contributed by atoms with Crippen LogP contribution in [0.2, 0.25) is 0 Å². The number of methoxy groups -OCH3 is 1. The van der Waals surface area contributed by atoms with Crippen LogP contribution in [0.4, 0.5) is 0 Å². The predicted octanol–water partition coefficient (Wildman–Crippen LogP) is 2.62. The van der Waals surface area contributed by atoms with Crippen LogP contribution in [0.15, 0.2) is 12.1 Å². The Morgan fingerprint density at radius 1 is 1.26 bits per heavy atom. The molecule has 0 fully saturated rings. The molecule has 0 saturated heterocycles. The molecule has 0 saturated carbocycles. The Hall–Kier alpha value is -2.32. The fourth-order valence-corrected chi connectivity index (χ4v) is 1.93. The van der Waals surface area contributed by atoms with Gasteiger partial charge in [-0.05, 0) is 51.0 Å². The van der Waals surface area contributed by atoms with E-state index in [1.807, 2.05) is 6.92 Å². The molecule has 0 aliphatic rings. The van der Waals surface area contributed by atoms with Crippen molar-refractivity contribution in [1.29, 1.82) is 0 Å². The molecule has 1 aromatic rings. The zero-order valence-corrected chi connectivity index (χ0v) is 14.2. The van der Waals surface area contributed by atoms with Crippen molar-refractivity contribution in [2.24, 2.45) is 0 Å². The van der Waals surface area contributed by atoms with Crippen molar-refractivity contribution in [2.45, 2.75) is 39.9 Å². The van der Waals surface area contributed by atoms with Crippen molar-refractivity contribution in [3.05, 3.63) is 34.4 Å². The van der Waals surface area contributed by atoms with Gasteiger partial charge in [0.05, 0.1) is 19.3 Å². The number of hydrogen-bond acceptors (Lipinski definition) is 5. The predicted molar refractivity (Wildman–Crippen MR) is 86.0 cm³/mol. The molecular formula is C18H22O5. The third-order valence-electron chi connectivity index (χ3n) is 2.99. The summed E-state index contributed by atoms with van der Waals surface area (Å²) >= 11 is 0. The van der Waals surface area contributed by atoms with E-state index in [9.17, 15) is 9.59 Å². The monoisotopic (exact) mass is 318 g/mol. The van der Waals surface area contributed by atoms with Gasteiger partial charge in [-0.1, -0.05) is 5.92 Å². The van der Waals surface area contributed by atoms with Gasteiger partial charge in [-0.2, -0.15) is 0 Å². The molecule has 0 bridgehead atoms. The summed E-state index contributed by atoms with van der Waals surface area (Å²) in [6, 6.07) is 3.25. The fraction of sp³-hybridized carbons (Fsp3) is 0.444. The first-order valence-corrected chi connectivity index (χ1v) is 7.16. The number of ether oxygens (including phenoxy) is 3. The van der Waals surface area contributed by atoms with Crippen LogP contribution in [0.25, 0.3) is 0 Å². The van der Waals surface area contributed by atoms with E-state index in [2.05, 4.69) is 5.92 Å². The highest BCUT2D eigenvalue weighted by atomic mass is 16.6. The van der Waals surface area contributed by atoms with Crippen molar-refractivity contribution in [1.82, 2.24) is 0 Å². The van der Waals surface area contributed by atoms with Gasteiger partial charge in [0.25, 0.3) is 0 Å². The number of benzene rings is 1. The van der Waals surface area contributed by atoms with E-state index in [0.717, 1.165) is 11.1 Å². The minimum absolute atomic E-state index is 0.143. The van der Waals surface area contributed by atoms with Gasteiger partial charge in [-0.15, -0.1) is 6.42 Å². The van der Waals surface area contributed by atoms with Crippen LogP contribution >= 0.6 is 0 Å². The van der Waals surface area contributed by atoms with Crippen molar-refractivity contribution >= 4 is 11.9 Å². The molecule has 23 heavy (non-hydrogen) atoms. The zero-order chi connectivity index (χ0) is 17.6. The number of carbonyl (C=O) groups is 2. The summed E-state index contributed by atoms with van der Waals surface area (Å²) in [6.45, 7) is 7.16. The maximum absolute atomic E-state index is 11.7. The van der Waals surface area contributed by atoms with Crippen molar-refractivity contribution in [2.75, 3.05) is 13.7 Å². The number of rotatable bonds is 5. The summed E-state index contributed by atoms with van der Waals surface area (Å²) in [6.07, 6.45) is 5.46. The molecule has 5 heteroatoms. The van der Waals surface area contributed by atoms with Gasteiger partial charge in [0.1, 0.15) is 12.2 Å². The van der Waals surface area contributed by atoms with Gasteiger partial charge < -0.3 is 14.2 Å². The van der Waals surface area contributed by atoms with Gasteiger partial charge in [-0.25, -0.2) is 9.59 Å². The molecule has 0 unspecified atom stereocenters. The highest BCUT2D eigenvalue weighted by molar-refractivity contribution is 5.90. The Morgan fingerprint density at radius 3 is 2.43 bits per heavy atom. The van der Waals surface area contributed by atoms with E-state index in [0.29, 0.717) is 11.1 Å². The molecule has 0 atom stereocenters. The van der Waals surface area contributed by atoms with Gasteiger partial charge in [0.2, 0.25) is 0 Å². The largest absolute Gasteiger partial charge is 0.465 e. The van der Waals surface area contributed by atoms with E-state index in [1.54, 1.807) is 32.9 Å². The molecule has 5 nitrogen and oxygen atoms in total. The summed E-state index contributed by atoms with van der Waals surface area (Å²) in [7, 11) is 1.30. The lowest BCUT2D eigenvalue weighted by Gasteiger charge is -2.19. The Bertz CT molecular complexity index is 632. The standard InChI is InChI=1S/C18H22O5/c1-7-13-8-14(17(20)21-6)9-15(12(13)2)10-22-11-16(19)23-18(3,4)5/h1,8-9H,10-11H2,2-6H3. The topological polar surface area (TPSA) is 61.8 Å². The van der Waals surface area contributed by atoms with Gasteiger partial charge >= 0.3 is 11.9 Å². The molecule has 124 valence electrons. The lowest BCUT2D eigenvalue weighted by atomic mass is 9.99. The number of hydrogen-bond donors (Lipinski definition) is 0. The SMILES string of the molecule is C#Cc1cc(C(=O)OC)cc(COCC(=O)OC(C)(C)C)c1C. The Labute approximate surface area is 136 Å². The van der Waals surface area contributed by atoms with E-state index < -0.39 is 17.5 Å². The van der Waals surface area contributed by atoms with Crippen LogP contribution in [-0.4, -0.2) is 31.3 Å². The summed E-state index contributed by atoms with van der Waals surface area (Å²) in [5, 5.41) is 0. The summed E-state index contributed by atoms with van der Waals surface area (Å²) in [4.78, 5) is 23.3. The lowest BCUT2D eigenvalue weighted by molar-refractivity contribution is -0.160. The zero-order valence-electron chi connectivity index (χ0n) is 14.2. The highest BCUT2D eigenvalue weighted by Gasteiger charge is 2.17. The Kier molecular flexibility index (Phi) is 6.35. The third-order valence-corrected chi connectivity index (χ3v) is 2.99. The number of esters is 2. The van der Waals surface area contributed by atoms with Crippen LogP contribution in [0.1, 0.15) is 47.8 Å². The summed E-state index contributed by atoms with van der Waals surface area (Å²) in [5.41, 5.74) is 1.93.